The highest BCUT2D eigenvalue weighted by Gasteiger charge is 2.33. The van der Waals surface area contributed by atoms with E-state index in [-0.39, 0.29) is 11.3 Å². The van der Waals surface area contributed by atoms with E-state index in [2.05, 4.69) is 20.4 Å². The van der Waals surface area contributed by atoms with E-state index in [1.807, 2.05) is 0 Å². The van der Waals surface area contributed by atoms with Gasteiger partial charge in [0, 0.05) is 11.8 Å². The number of carbonyl (C=O) groups is 1. The number of hydrogen-bond acceptors (Lipinski definition) is 4. The van der Waals surface area contributed by atoms with Gasteiger partial charge in [0.15, 0.2) is 5.69 Å². The van der Waals surface area contributed by atoms with E-state index in [1.165, 1.54) is 18.2 Å². The third-order valence-corrected chi connectivity index (χ3v) is 2.76. The first kappa shape index (κ1) is 18.4. The number of para-hydroxylation sites is 1. The molecule has 0 saturated carbocycles. The fraction of sp³-hybridized carbons (Fsp3) is 0.214. The second-order valence-corrected chi connectivity index (χ2v) is 4.61. The Morgan fingerprint density at radius 3 is 2.68 bits per heavy atom. The van der Waals surface area contributed by atoms with Crippen molar-refractivity contribution < 1.29 is 31.5 Å². The highest BCUT2D eigenvalue weighted by molar-refractivity contribution is 5.85. The molecule has 11 heteroatoms. The van der Waals surface area contributed by atoms with Gasteiger partial charge in [-0.3, -0.25) is 9.48 Å². The summed E-state index contributed by atoms with van der Waals surface area (Å²) in [6, 6.07) is 6.47. The number of nitrogens with zero attached hydrogens (tertiary/aromatic N) is 3. The number of amides is 1. The summed E-state index contributed by atoms with van der Waals surface area (Å²) in [4.78, 5) is 11.6. The van der Waals surface area contributed by atoms with Gasteiger partial charge < -0.3 is 4.74 Å². The van der Waals surface area contributed by atoms with Crippen molar-refractivity contribution >= 4 is 12.1 Å². The third-order valence-electron chi connectivity index (χ3n) is 2.76. The van der Waals surface area contributed by atoms with Crippen molar-refractivity contribution in [1.29, 1.82) is 0 Å². The molecular formula is C14H11F5N4O2. The van der Waals surface area contributed by atoms with E-state index in [9.17, 15) is 26.7 Å². The summed E-state index contributed by atoms with van der Waals surface area (Å²) in [5.74, 6) is -0.891. The molecule has 0 unspecified atom stereocenters. The Labute approximate surface area is 137 Å². The zero-order chi connectivity index (χ0) is 18.4. The molecule has 25 heavy (non-hydrogen) atoms. The molecule has 1 amide bonds. The number of benzene rings is 1. The van der Waals surface area contributed by atoms with Crippen LogP contribution >= 0.6 is 0 Å². The normalized spacial score (nSPS) is 11.9. The average molecular weight is 362 g/mol. The molecule has 0 radical (unpaired) electrons. The van der Waals surface area contributed by atoms with E-state index in [1.54, 1.807) is 6.07 Å². The van der Waals surface area contributed by atoms with E-state index in [0.29, 0.717) is 0 Å². The topological polar surface area (TPSA) is 68.5 Å². The van der Waals surface area contributed by atoms with Crippen LogP contribution < -0.4 is 10.2 Å². The summed E-state index contributed by atoms with van der Waals surface area (Å²) in [5, 5.41) is 6.76. The predicted octanol–water partition coefficient (Wildman–Crippen LogP) is 2.65. The number of halogens is 5. The highest BCUT2D eigenvalue weighted by Crippen LogP contribution is 2.27. The summed E-state index contributed by atoms with van der Waals surface area (Å²) in [5.41, 5.74) is 1.11. The number of carbonyl (C=O) groups excluding carboxylic acids is 1. The van der Waals surface area contributed by atoms with Gasteiger partial charge in [0.25, 0.3) is 5.91 Å². The number of aromatic nitrogens is 2. The smallest absolute Gasteiger partial charge is 0.434 e. The first-order valence-electron chi connectivity index (χ1n) is 6.72. The molecular weight excluding hydrogens is 351 g/mol. The molecule has 1 aromatic carbocycles. The van der Waals surface area contributed by atoms with Crippen LogP contribution in [0.2, 0.25) is 0 Å². The van der Waals surface area contributed by atoms with Crippen LogP contribution in [0, 0.1) is 0 Å². The van der Waals surface area contributed by atoms with Crippen LogP contribution in [-0.2, 0) is 17.5 Å². The maximum Gasteiger partial charge on any atom is 0.435 e. The number of ether oxygens (including phenoxy) is 1. The predicted molar refractivity (Wildman–Crippen MR) is 76.0 cm³/mol. The van der Waals surface area contributed by atoms with E-state index in [0.717, 1.165) is 23.2 Å². The van der Waals surface area contributed by atoms with Crippen molar-refractivity contribution in [2.45, 2.75) is 19.3 Å². The number of alkyl halides is 5. The largest absolute Gasteiger partial charge is 0.435 e. The Morgan fingerprint density at radius 1 is 1.32 bits per heavy atom. The lowest BCUT2D eigenvalue weighted by molar-refractivity contribution is -0.141. The number of hydrazone groups is 1. The van der Waals surface area contributed by atoms with E-state index < -0.39 is 30.9 Å². The van der Waals surface area contributed by atoms with Gasteiger partial charge >= 0.3 is 12.8 Å². The Bertz CT molecular complexity index is 758. The van der Waals surface area contributed by atoms with E-state index in [4.69, 9.17) is 0 Å². The lowest BCUT2D eigenvalue weighted by Crippen LogP contribution is -2.23. The standard InChI is InChI=1S/C14H11F5N4O2/c15-13(16)25-10-4-2-1-3-9(10)7-20-21-12(24)8-23-6-5-11(22-23)14(17,18)19/h1-7,13H,8H2,(H,21,24)/b20-7-. The van der Waals surface area contributed by atoms with Crippen LogP contribution in [0.25, 0.3) is 0 Å². The van der Waals surface area contributed by atoms with Crippen LogP contribution in [0.4, 0.5) is 22.0 Å². The summed E-state index contributed by atoms with van der Waals surface area (Å²) in [7, 11) is 0. The molecule has 0 aliphatic rings. The number of nitrogens with one attached hydrogen (secondary N) is 1. The molecule has 0 aliphatic heterocycles. The van der Waals surface area contributed by atoms with Crippen LogP contribution in [0.3, 0.4) is 0 Å². The summed E-state index contributed by atoms with van der Waals surface area (Å²) < 4.78 is 66.8. The number of hydrogen-bond donors (Lipinski definition) is 1. The lowest BCUT2D eigenvalue weighted by Gasteiger charge is -2.07. The van der Waals surface area contributed by atoms with Crippen molar-refractivity contribution in [2.75, 3.05) is 0 Å². The molecule has 1 N–H and O–H groups in total. The van der Waals surface area contributed by atoms with Gasteiger partial charge in [-0.25, -0.2) is 5.43 Å². The molecule has 134 valence electrons. The van der Waals surface area contributed by atoms with Crippen molar-refractivity contribution in [2.24, 2.45) is 5.10 Å². The van der Waals surface area contributed by atoms with Crippen LogP contribution in [0.15, 0.2) is 41.6 Å². The Hall–Kier alpha value is -2.98. The Kier molecular flexibility index (Phi) is 5.67. The Balaban J connectivity index is 1.94. The van der Waals surface area contributed by atoms with Gasteiger partial charge in [0.2, 0.25) is 0 Å². The van der Waals surface area contributed by atoms with Gasteiger partial charge in [0.1, 0.15) is 12.3 Å². The lowest BCUT2D eigenvalue weighted by atomic mass is 10.2. The van der Waals surface area contributed by atoms with Crippen molar-refractivity contribution in [3.05, 3.63) is 47.8 Å². The van der Waals surface area contributed by atoms with Crippen LogP contribution in [-0.4, -0.2) is 28.5 Å². The fourth-order valence-electron chi connectivity index (χ4n) is 1.75. The summed E-state index contributed by atoms with van der Waals surface area (Å²) in [6.07, 6.45) is -2.54. The Morgan fingerprint density at radius 2 is 2.04 bits per heavy atom. The molecule has 6 nitrogen and oxygen atoms in total. The molecule has 0 saturated heterocycles. The van der Waals surface area contributed by atoms with Crippen molar-refractivity contribution in [1.82, 2.24) is 15.2 Å². The number of rotatable bonds is 6. The zero-order valence-corrected chi connectivity index (χ0v) is 12.4. The zero-order valence-electron chi connectivity index (χ0n) is 12.4. The quantitative estimate of drug-likeness (QED) is 0.488. The second kappa shape index (κ2) is 7.73. The van der Waals surface area contributed by atoms with Gasteiger partial charge in [-0.15, -0.1) is 0 Å². The van der Waals surface area contributed by atoms with Gasteiger partial charge in [-0.2, -0.15) is 32.2 Å². The third kappa shape index (κ3) is 5.55. The van der Waals surface area contributed by atoms with Crippen molar-refractivity contribution in [3.63, 3.8) is 0 Å². The molecule has 0 spiro atoms. The molecule has 2 rings (SSSR count). The molecule has 1 aromatic heterocycles. The second-order valence-electron chi connectivity index (χ2n) is 4.61. The van der Waals surface area contributed by atoms with Crippen LogP contribution in [0.5, 0.6) is 5.75 Å². The monoisotopic (exact) mass is 362 g/mol. The highest BCUT2D eigenvalue weighted by atomic mass is 19.4. The molecule has 1 heterocycles. The minimum absolute atomic E-state index is 0.141. The minimum atomic E-state index is -4.60. The SMILES string of the molecule is O=C(Cn1ccc(C(F)(F)F)n1)N/N=C\c1ccccc1OC(F)F. The molecule has 2 aromatic rings. The van der Waals surface area contributed by atoms with E-state index >= 15 is 0 Å². The molecule has 0 aliphatic carbocycles. The first-order valence-corrected chi connectivity index (χ1v) is 6.72. The maximum atomic E-state index is 12.4. The maximum absolute atomic E-state index is 12.4. The van der Waals surface area contributed by atoms with Gasteiger partial charge in [-0.1, -0.05) is 12.1 Å². The van der Waals surface area contributed by atoms with Gasteiger partial charge in [0.05, 0.1) is 6.21 Å². The fourth-order valence-corrected chi connectivity index (χ4v) is 1.75. The minimum Gasteiger partial charge on any atom is -0.434 e. The summed E-state index contributed by atoms with van der Waals surface area (Å²) >= 11 is 0. The van der Waals surface area contributed by atoms with Crippen LogP contribution in [0.1, 0.15) is 11.3 Å². The average Bonchev–Trinajstić information content (AvgIpc) is 2.97. The molecule has 0 atom stereocenters. The molecule has 0 bridgehead atoms. The van der Waals surface area contributed by atoms with Gasteiger partial charge in [-0.05, 0) is 18.2 Å². The van der Waals surface area contributed by atoms with Crippen molar-refractivity contribution in [3.8, 4) is 5.75 Å². The molecule has 0 fully saturated rings. The summed E-state index contributed by atoms with van der Waals surface area (Å²) in [6.45, 7) is -3.52. The first-order chi connectivity index (χ1) is 11.8.